The van der Waals surface area contributed by atoms with Crippen LogP contribution in [-0.4, -0.2) is 27.3 Å². The topological polar surface area (TPSA) is 106 Å². The molecule has 0 saturated carbocycles. The van der Waals surface area contributed by atoms with Gasteiger partial charge in [-0.1, -0.05) is 0 Å². The first-order valence-corrected chi connectivity index (χ1v) is 4.01. The minimum absolute atomic E-state index is 0. The Labute approximate surface area is 105 Å². The first-order chi connectivity index (χ1) is 6.25. The van der Waals surface area contributed by atoms with Crippen LogP contribution in [0.15, 0.2) is 23.7 Å². The number of rotatable bonds is 2. The van der Waals surface area contributed by atoms with Gasteiger partial charge in [-0.15, -0.1) is 0 Å². The van der Waals surface area contributed by atoms with Gasteiger partial charge in [-0.2, -0.15) is 0 Å². The first kappa shape index (κ1) is 24.2. The van der Waals surface area contributed by atoms with E-state index in [0.29, 0.717) is 0 Å². The molecule has 0 bridgehead atoms. The van der Waals surface area contributed by atoms with E-state index in [1.165, 1.54) is 39.8 Å². The standard InChI is InChI=1S/2C5H8O2.Ni.H2O/c2*1-4(6)3-5(2)7;;/h2*3,6H,1-2H3;;1H2/b2*4-3+;;. The zero-order valence-corrected chi connectivity index (χ0v) is 10.7. The summed E-state index contributed by atoms with van der Waals surface area (Å²) in [7, 11) is 0. The number of aliphatic hydroxyl groups excluding tert-OH is 2. The molecule has 16 heavy (non-hydrogen) atoms. The largest absolute Gasteiger partial charge is 0.512 e. The molecule has 0 aromatic rings. The van der Waals surface area contributed by atoms with Crippen LogP contribution in [0.25, 0.3) is 0 Å². The predicted octanol–water partition coefficient (Wildman–Crippen LogP) is 1.25. The molecular formula is C10H18NiO5. The first-order valence-electron chi connectivity index (χ1n) is 4.01. The molecule has 0 atom stereocenters. The van der Waals surface area contributed by atoms with Gasteiger partial charge in [0.25, 0.3) is 0 Å². The van der Waals surface area contributed by atoms with Crippen molar-refractivity contribution in [2.75, 3.05) is 0 Å². The van der Waals surface area contributed by atoms with E-state index >= 15 is 0 Å². The average molecular weight is 277 g/mol. The fourth-order valence-electron chi connectivity index (χ4n) is 0.588. The zero-order valence-electron chi connectivity index (χ0n) is 9.68. The molecule has 0 rings (SSSR count). The van der Waals surface area contributed by atoms with Gasteiger partial charge in [0.15, 0.2) is 11.6 Å². The fraction of sp³-hybridized carbons (Fsp3) is 0.400. The third-order valence-electron chi connectivity index (χ3n) is 0.824. The summed E-state index contributed by atoms with van der Waals surface area (Å²) in [5.41, 5.74) is 0. The number of hydrogen-bond donors (Lipinski definition) is 2. The molecule has 0 amide bonds. The molecule has 0 heterocycles. The van der Waals surface area contributed by atoms with Crippen LogP contribution in [0.5, 0.6) is 0 Å². The number of carbonyl (C=O) groups is 2. The Bertz CT molecular complexity index is 232. The Morgan fingerprint density at radius 2 is 1.00 bits per heavy atom. The Morgan fingerprint density at radius 1 is 0.812 bits per heavy atom. The maximum absolute atomic E-state index is 10.0. The van der Waals surface area contributed by atoms with Crippen LogP contribution in [0.3, 0.4) is 0 Å². The van der Waals surface area contributed by atoms with Crippen LogP contribution in [0.1, 0.15) is 27.7 Å². The summed E-state index contributed by atoms with van der Waals surface area (Å²) >= 11 is 0. The number of aliphatic hydroxyl groups is 2. The normalized spacial score (nSPS) is 10.0. The molecule has 0 spiro atoms. The van der Waals surface area contributed by atoms with E-state index in [0.717, 1.165) is 0 Å². The maximum Gasteiger partial charge on any atom is 0.155 e. The Morgan fingerprint density at radius 3 is 1.00 bits per heavy atom. The van der Waals surface area contributed by atoms with E-state index in [-0.39, 0.29) is 45.1 Å². The summed E-state index contributed by atoms with van der Waals surface area (Å²) in [5.74, 6) is -0.125. The molecule has 98 valence electrons. The molecule has 6 heteroatoms. The molecule has 0 radical (unpaired) electrons. The van der Waals surface area contributed by atoms with E-state index < -0.39 is 0 Å². The molecule has 0 unspecified atom stereocenters. The molecule has 0 aliphatic carbocycles. The zero-order chi connectivity index (χ0) is 11.7. The van der Waals surface area contributed by atoms with Crippen molar-refractivity contribution in [1.82, 2.24) is 0 Å². The summed E-state index contributed by atoms with van der Waals surface area (Å²) in [6.07, 6.45) is 2.33. The quantitative estimate of drug-likeness (QED) is 0.450. The number of hydrogen-bond acceptors (Lipinski definition) is 4. The minimum Gasteiger partial charge on any atom is -0.512 e. The van der Waals surface area contributed by atoms with Gasteiger partial charge in [0.2, 0.25) is 0 Å². The van der Waals surface area contributed by atoms with Gasteiger partial charge >= 0.3 is 0 Å². The summed E-state index contributed by atoms with van der Waals surface area (Å²) < 4.78 is 0. The number of carbonyl (C=O) groups excluding carboxylic acids is 2. The molecule has 5 nitrogen and oxygen atoms in total. The second-order valence-corrected chi connectivity index (χ2v) is 2.79. The maximum atomic E-state index is 10.0. The SMILES string of the molecule is CC(=O)/C=C(\C)O.CC(=O)/C=C(\C)O.O.[Ni]. The molecule has 0 saturated heterocycles. The van der Waals surface area contributed by atoms with Gasteiger partial charge in [-0.05, 0) is 27.7 Å². The molecule has 0 fully saturated rings. The number of ketones is 2. The third-order valence-corrected chi connectivity index (χ3v) is 0.824. The van der Waals surface area contributed by atoms with Crippen molar-refractivity contribution in [3.05, 3.63) is 23.7 Å². The van der Waals surface area contributed by atoms with E-state index in [2.05, 4.69) is 0 Å². The van der Waals surface area contributed by atoms with Crippen molar-refractivity contribution in [2.24, 2.45) is 0 Å². The summed E-state index contributed by atoms with van der Waals surface area (Å²) in [5, 5.41) is 16.7. The van der Waals surface area contributed by atoms with Crippen molar-refractivity contribution < 1.29 is 41.8 Å². The molecule has 0 aliphatic heterocycles. The van der Waals surface area contributed by atoms with Crippen LogP contribution in [0.2, 0.25) is 0 Å². The second kappa shape index (κ2) is 13.9. The Balaban J connectivity index is -0.0000000800. The van der Waals surface area contributed by atoms with Gasteiger partial charge < -0.3 is 15.7 Å². The van der Waals surface area contributed by atoms with Crippen LogP contribution < -0.4 is 0 Å². The van der Waals surface area contributed by atoms with Crippen LogP contribution in [0.4, 0.5) is 0 Å². The van der Waals surface area contributed by atoms with E-state index in [9.17, 15) is 9.59 Å². The summed E-state index contributed by atoms with van der Waals surface area (Å²) in [4.78, 5) is 20.0. The van der Waals surface area contributed by atoms with Gasteiger partial charge in [0.05, 0.1) is 11.5 Å². The fourth-order valence-corrected chi connectivity index (χ4v) is 0.588. The van der Waals surface area contributed by atoms with Crippen LogP contribution in [-0.2, 0) is 26.1 Å². The van der Waals surface area contributed by atoms with Gasteiger partial charge in [0.1, 0.15) is 0 Å². The van der Waals surface area contributed by atoms with Crippen LogP contribution in [0, 0.1) is 0 Å². The van der Waals surface area contributed by atoms with Gasteiger partial charge in [-0.3, -0.25) is 9.59 Å². The predicted molar refractivity (Wildman–Crippen MR) is 57.7 cm³/mol. The molecule has 0 aromatic carbocycles. The Hall–Kier alpha value is -1.13. The number of allylic oxidation sites excluding steroid dienone is 4. The monoisotopic (exact) mass is 276 g/mol. The van der Waals surface area contributed by atoms with Crippen molar-refractivity contribution in [3.63, 3.8) is 0 Å². The van der Waals surface area contributed by atoms with Crippen molar-refractivity contribution >= 4 is 11.6 Å². The van der Waals surface area contributed by atoms with Gasteiger partial charge in [-0.25, -0.2) is 0 Å². The smallest absolute Gasteiger partial charge is 0.155 e. The molecule has 4 N–H and O–H groups in total. The molecule has 0 aromatic heterocycles. The third kappa shape index (κ3) is 38.4. The van der Waals surface area contributed by atoms with Crippen LogP contribution >= 0.6 is 0 Å². The Kier molecular flexibility index (Phi) is 21.0. The van der Waals surface area contributed by atoms with Crippen molar-refractivity contribution in [2.45, 2.75) is 27.7 Å². The van der Waals surface area contributed by atoms with Crippen molar-refractivity contribution in [3.8, 4) is 0 Å². The minimum atomic E-state index is -0.125. The molecular weight excluding hydrogens is 259 g/mol. The summed E-state index contributed by atoms with van der Waals surface area (Å²) in [6, 6.07) is 0. The van der Waals surface area contributed by atoms with E-state index in [4.69, 9.17) is 10.2 Å². The van der Waals surface area contributed by atoms with Crippen molar-refractivity contribution in [1.29, 1.82) is 0 Å². The average Bonchev–Trinajstić information content (AvgIpc) is 1.79. The summed E-state index contributed by atoms with van der Waals surface area (Å²) in [6.45, 7) is 5.70. The molecule has 0 aliphatic rings. The van der Waals surface area contributed by atoms with Gasteiger partial charge in [0, 0.05) is 28.6 Å². The van der Waals surface area contributed by atoms with E-state index in [1.807, 2.05) is 0 Å². The van der Waals surface area contributed by atoms with E-state index in [1.54, 1.807) is 0 Å². The second-order valence-electron chi connectivity index (χ2n) is 2.79.